The summed E-state index contributed by atoms with van der Waals surface area (Å²) in [6.07, 6.45) is 2.97. The highest BCUT2D eigenvalue weighted by Gasteiger charge is 2.11. The summed E-state index contributed by atoms with van der Waals surface area (Å²) < 4.78 is 5.72. The maximum absolute atomic E-state index is 7.62. The van der Waals surface area contributed by atoms with Gasteiger partial charge in [0.2, 0.25) is 0 Å². The molecule has 1 aromatic carbocycles. The lowest BCUT2D eigenvalue weighted by Crippen LogP contribution is -2.15. The number of benzene rings is 1. The molecule has 0 radical (unpaired) electrons. The molecule has 0 heterocycles. The largest absolute Gasteiger partial charge is 0.493 e. The Labute approximate surface area is 107 Å². The summed E-state index contributed by atoms with van der Waals surface area (Å²) >= 11 is 1.58. The average Bonchev–Trinajstić information content (AvgIpc) is 2.27. The van der Waals surface area contributed by atoms with E-state index in [1.165, 1.54) is 0 Å². The molecular formula is C13H20N2OS. The Balaban J connectivity index is 2.87. The summed E-state index contributed by atoms with van der Waals surface area (Å²) in [6, 6.07) is 5.76. The first-order valence-electron chi connectivity index (χ1n) is 5.70. The molecule has 0 unspecified atom stereocenters. The van der Waals surface area contributed by atoms with E-state index in [1.54, 1.807) is 11.8 Å². The van der Waals surface area contributed by atoms with Crippen LogP contribution in [-0.2, 0) is 0 Å². The topological polar surface area (TPSA) is 59.1 Å². The second-order valence-electron chi connectivity index (χ2n) is 4.28. The number of nitrogens with one attached hydrogen (secondary N) is 1. The number of nitrogens with two attached hydrogens (primary N) is 1. The lowest BCUT2D eigenvalue weighted by molar-refractivity contribution is 0.288. The van der Waals surface area contributed by atoms with Crippen LogP contribution in [0.4, 0.5) is 0 Å². The van der Waals surface area contributed by atoms with Crippen molar-refractivity contribution in [1.82, 2.24) is 0 Å². The Hall–Kier alpha value is -1.16. The quantitative estimate of drug-likeness (QED) is 0.464. The van der Waals surface area contributed by atoms with Crippen molar-refractivity contribution in [2.75, 3.05) is 12.9 Å². The van der Waals surface area contributed by atoms with Gasteiger partial charge in [0.1, 0.15) is 11.6 Å². The van der Waals surface area contributed by atoms with Gasteiger partial charge in [0.15, 0.2) is 0 Å². The van der Waals surface area contributed by atoms with Gasteiger partial charge in [-0.1, -0.05) is 19.9 Å². The van der Waals surface area contributed by atoms with Crippen molar-refractivity contribution in [1.29, 1.82) is 5.41 Å². The van der Waals surface area contributed by atoms with Gasteiger partial charge in [-0.25, -0.2) is 0 Å². The van der Waals surface area contributed by atoms with Crippen LogP contribution in [0.15, 0.2) is 23.1 Å². The number of hydrogen-bond donors (Lipinski definition) is 2. The zero-order chi connectivity index (χ0) is 12.8. The molecule has 0 atom stereocenters. The smallest absolute Gasteiger partial charge is 0.131 e. The molecule has 0 saturated heterocycles. The minimum atomic E-state index is 0.0643. The van der Waals surface area contributed by atoms with E-state index in [0.29, 0.717) is 23.8 Å². The third-order valence-electron chi connectivity index (χ3n) is 2.43. The molecule has 4 heteroatoms. The van der Waals surface area contributed by atoms with Crippen LogP contribution in [0.25, 0.3) is 0 Å². The summed E-state index contributed by atoms with van der Waals surface area (Å²) in [5.41, 5.74) is 6.32. The highest BCUT2D eigenvalue weighted by atomic mass is 32.2. The van der Waals surface area contributed by atoms with Gasteiger partial charge in [0.25, 0.3) is 0 Å². The molecule has 0 amide bonds. The summed E-state index contributed by atoms with van der Waals surface area (Å²) in [4.78, 5) is 0.986. The van der Waals surface area contributed by atoms with E-state index in [1.807, 2.05) is 24.5 Å². The molecule has 0 fully saturated rings. The van der Waals surface area contributed by atoms with Gasteiger partial charge in [-0.2, -0.15) is 0 Å². The van der Waals surface area contributed by atoms with Gasteiger partial charge < -0.3 is 10.5 Å². The highest BCUT2D eigenvalue weighted by Crippen LogP contribution is 2.28. The third kappa shape index (κ3) is 3.97. The minimum absolute atomic E-state index is 0.0643. The van der Waals surface area contributed by atoms with E-state index in [9.17, 15) is 0 Å². The van der Waals surface area contributed by atoms with Crippen molar-refractivity contribution in [3.63, 3.8) is 0 Å². The molecule has 3 nitrogen and oxygen atoms in total. The second-order valence-corrected chi connectivity index (χ2v) is 5.13. The molecular weight excluding hydrogens is 232 g/mol. The average molecular weight is 252 g/mol. The number of rotatable bonds is 6. The van der Waals surface area contributed by atoms with Crippen molar-refractivity contribution in [3.05, 3.63) is 23.8 Å². The van der Waals surface area contributed by atoms with Crippen molar-refractivity contribution >= 4 is 17.6 Å². The van der Waals surface area contributed by atoms with Crippen LogP contribution in [0.3, 0.4) is 0 Å². The molecule has 0 spiro atoms. The van der Waals surface area contributed by atoms with E-state index in [4.69, 9.17) is 15.9 Å². The molecule has 94 valence electrons. The number of hydrogen-bond acceptors (Lipinski definition) is 3. The zero-order valence-corrected chi connectivity index (χ0v) is 11.4. The Morgan fingerprint density at radius 3 is 2.71 bits per heavy atom. The second kappa shape index (κ2) is 6.55. The minimum Gasteiger partial charge on any atom is -0.493 e. The summed E-state index contributed by atoms with van der Waals surface area (Å²) in [7, 11) is 0. The number of ether oxygens (including phenoxy) is 1. The number of thioether (sulfide) groups is 1. The Kier molecular flexibility index (Phi) is 5.35. The van der Waals surface area contributed by atoms with Crippen molar-refractivity contribution in [2.45, 2.75) is 25.2 Å². The lowest BCUT2D eigenvalue weighted by Gasteiger charge is -2.14. The van der Waals surface area contributed by atoms with Gasteiger partial charge in [0.05, 0.1) is 12.2 Å². The molecule has 17 heavy (non-hydrogen) atoms. The molecule has 1 rings (SSSR count). The van der Waals surface area contributed by atoms with Crippen LogP contribution in [0, 0.1) is 11.3 Å². The fraction of sp³-hybridized carbons (Fsp3) is 0.462. The first kappa shape index (κ1) is 13.9. The van der Waals surface area contributed by atoms with Gasteiger partial charge >= 0.3 is 0 Å². The first-order chi connectivity index (χ1) is 8.06. The molecule has 0 aromatic heterocycles. The first-order valence-corrected chi connectivity index (χ1v) is 6.93. The predicted octanol–water partition coefficient (Wildman–Crippen LogP) is 3.12. The number of nitrogen functional groups attached to an aromatic ring is 1. The predicted molar refractivity (Wildman–Crippen MR) is 74.2 cm³/mol. The van der Waals surface area contributed by atoms with Gasteiger partial charge in [-0.05, 0) is 30.7 Å². The number of amidine groups is 1. The van der Waals surface area contributed by atoms with Crippen LogP contribution in [0.2, 0.25) is 0 Å². The van der Waals surface area contributed by atoms with Crippen LogP contribution in [-0.4, -0.2) is 18.7 Å². The molecule has 0 bridgehead atoms. The Morgan fingerprint density at radius 2 is 2.18 bits per heavy atom. The third-order valence-corrected chi connectivity index (χ3v) is 3.21. The fourth-order valence-corrected chi connectivity index (χ4v) is 2.10. The van der Waals surface area contributed by atoms with Crippen molar-refractivity contribution in [3.8, 4) is 5.75 Å². The Morgan fingerprint density at radius 1 is 1.47 bits per heavy atom. The molecule has 3 N–H and O–H groups in total. The van der Waals surface area contributed by atoms with E-state index < -0.39 is 0 Å². The van der Waals surface area contributed by atoms with Gasteiger partial charge in [-0.15, -0.1) is 11.8 Å². The zero-order valence-electron chi connectivity index (χ0n) is 10.6. The van der Waals surface area contributed by atoms with Crippen molar-refractivity contribution < 1.29 is 4.74 Å². The molecule has 0 aliphatic heterocycles. The summed E-state index contributed by atoms with van der Waals surface area (Å²) in [5.74, 6) is 1.39. The van der Waals surface area contributed by atoms with E-state index in [-0.39, 0.29) is 5.84 Å². The van der Waals surface area contributed by atoms with Crippen LogP contribution in [0.5, 0.6) is 5.75 Å². The molecule has 0 saturated carbocycles. The summed E-state index contributed by atoms with van der Waals surface area (Å²) in [6.45, 7) is 4.98. The summed E-state index contributed by atoms with van der Waals surface area (Å²) in [5, 5.41) is 7.62. The van der Waals surface area contributed by atoms with Crippen molar-refractivity contribution in [2.24, 2.45) is 11.7 Å². The van der Waals surface area contributed by atoms with Gasteiger partial charge in [-0.3, -0.25) is 5.41 Å². The highest BCUT2D eigenvalue weighted by molar-refractivity contribution is 7.98. The normalized spacial score (nSPS) is 10.6. The van der Waals surface area contributed by atoms with Crippen LogP contribution in [0.1, 0.15) is 25.8 Å². The maximum atomic E-state index is 7.62. The molecule has 0 aliphatic carbocycles. The lowest BCUT2D eigenvalue weighted by atomic mass is 10.1. The standard InChI is InChI=1S/C13H20N2OS/c1-9(2)7-8-16-10-5-4-6-11(17-3)12(10)13(14)15/h4-6,9H,7-8H2,1-3H3,(H3,14,15). The van der Waals surface area contributed by atoms with E-state index in [2.05, 4.69) is 13.8 Å². The van der Waals surface area contributed by atoms with Crippen LogP contribution < -0.4 is 10.5 Å². The maximum Gasteiger partial charge on any atom is 0.131 e. The van der Waals surface area contributed by atoms with Gasteiger partial charge in [0, 0.05) is 4.90 Å². The van der Waals surface area contributed by atoms with Crippen LogP contribution >= 0.6 is 11.8 Å². The monoisotopic (exact) mass is 252 g/mol. The van der Waals surface area contributed by atoms with E-state index in [0.717, 1.165) is 11.3 Å². The fourth-order valence-electron chi connectivity index (χ4n) is 1.47. The molecule has 0 aliphatic rings. The van der Waals surface area contributed by atoms with E-state index >= 15 is 0 Å². The Bertz CT molecular complexity index is 391. The SMILES string of the molecule is CSc1cccc(OCCC(C)C)c1C(=N)N. The molecule has 1 aromatic rings.